The Morgan fingerprint density at radius 2 is 1.73 bits per heavy atom. The second-order valence-electron chi connectivity index (χ2n) is 5.87. The lowest BCUT2D eigenvalue weighted by Crippen LogP contribution is -2.07. The second-order valence-corrected chi connectivity index (χ2v) is 5.87. The monoisotopic (exact) mass is 343 g/mol. The van der Waals surface area contributed by atoms with E-state index in [1.54, 1.807) is 13.2 Å². The van der Waals surface area contributed by atoms with Crippen LogP contribution in [0.25, 0.3) is 28.0 Å². The molecule has 4 nitrogen and oxygen atoms in total. The Labute approximate surface area is 150 Å². The predicted octanol–water partition coefficient (Wildman–Crippen LogP) is 5.25. The standard InChI is InChI=1S/C22H17NO3/c1-25-19-8-4-2-6-15(19)10-13-22(24)23-16-11-12-18-17-7-3-5-9-20(17)26-21(18)14-16/h2-14H,1H3,(H,23,24)/b13-10+. The first-order chi connectivity index (χ1) is 12.7. The number of fused-ring (bicyclic) bond motifs is 3. The molecule has 0 aliphatic carbocycles. The quantitative estimate of drug-likeness (QED) is 0.515. The Morgan fingerprint density at radius 1 is 0.962 bits per heavy atom. The molecular formula is C22H17NO3. The number of carbonyl (C=O) groups excluding carboxylic acids is 1. The highest BCUT2D eigenvalue weighted by Gasteiger charge is 2.07. The fraction of sp³-hybridized carbons (Fsp3) is 0.0455. The summed E-state index contributed by atoms with van der Waals surface area (Å²) in [7, 11) is 1.61. The molecule has 4 aromatic rings. The third kappa shape index (κ3) is 3.05. The highest BCUT2D eigenvalue weighted by Crippen LogP contribution is 2.30. The fourth-order valence-corrected chi connectivity index (χ4v) is 2.96. The lowest BCUT2D eigenvalue weighted by molar-refractivity contribution is -0.111. The summed E-state index contributed by atoms with van der Waals surface area (Å²) in [6.07, 6.45) is 3.22. The van der Waals surface area contributed by atoms with Crippen LogP contribution in [0.4, 0.5) is 5.69 Å². The number of methoxy groups -OCH3 is 1. The van der Waals surface area contributed by atoms with Crippen molar-refractivity contribution in [2.45, 2.75) is 0 Å². The number of nitrogens with one attached hydrogen (secondary N) is 1. The maximum absolute atomic E-state index is 12.2. The van der Waals surface area contributed by atoms with Crippen LogP contribution >= 0.6 is 0 Å². The van der Waals surface area contributed by atoms with E-state index < -0.39 is 0 Å². The molecule has 1 heterocycles. The normalized spacial score (nSPS) is 11.3. The van der Waals surface area contributed by atoms with Crippen LogP contribution in [0.3, 0.4) is 0 Å². The minimum atomic E-state index is -0.216. The molecule has 0 spiro atoms. The number of anilines is 1. The lowest BCUT2D eigenvalue weighted by atomic mass is 10.1. The van der Waals surface area contributed by atoms with E-state index in [9.17, 15) is 4.79 Å². The Hall–Kier alpha value is -3.53. The van der Waals surface area contributed by atoms with Gasteiger partial charge in [0.15, 0.2) is 0 Å². The van der Waals surface area contributed by atoms with E-state index in [2.05, 4.69) is 5.32 Å². The van der Waals surface area contributed by atoms with Gasteiger partial charge in [-0.1, -0.05) is 36.4 Å². The predicted molar refractivity (Wildman–Crippen MR) is 104 cm³/mol. The molecule has 0 aliphatic heterocycles. The van der Waals surface area contributed by atoms with Crippen molar-refractivity contribution in [2.75, 3.05) is 12.4 Å². The van der Waals surface area contributed by atoms with Gasteiger partial charge in [0.05, 0.1) is 7.11 Å². The van der Waals surface area contributed by atoms with Crippen LogP contribution in [0.1, 0.15) is 5.56 Å². The summed E-state index contributed by atoms with van der Waals surface area (Å²) in [6.45, 7) is 0. The van der Waals surface area contributed by atoms with Gasteiger partial charge in [0.25, 0.3) is 0 Å². The molecule has 0 fully saturated rings. The van der Waals surface area contributed by atoms with Crippen molar-refractivity contribution in [3.8, 4) is 5.75 Å². The number of hydrogen-bond acceptors (Lipinski definition) is 3. The molecule has 1 amide bonds. The molecule has 0 saturated heterocycles. The van der Waals surface area contributed by atoms with Crippen molar-refractivity contribution in [3.05, 3.63) is 78.4 Å². The topological polar surface area (TPSA) is 51.5 Å². The summed E-state index contributed by atoms with van der Waals surface area (Å²) in [5.41, 5.74) is 3.11. The van der Waals surface area contributed by atoms with Gasteiger partial charge in [-0.05, 0) is 30.3 Å². The molecule has 0 radical (unpaired) electrons. The van der Waals surface area contributed by atoms with Crippen molar-refractivity contribution in [1.29, 1.82) is 0 Å². The average molecular weight is 343 g/mol. The van der Waals surface area contributed by atoms with Crippen LogP contribution in [0.2, 0.25) is 0 Å². The largest absolute Gasteiger partial charge is 0.496 e. The number of benzene rings is 3. The van der Waals surface area contributed by atoms with Crippen molar-refractivity contribution in [3.63, 3.8) is 0 Å². The molecule has 128 valence electrons. The molecule has 0 unspecified atom stereocenters. The SMILES string of the molecule is COc1ccccc1/C=C/C(=O)Nc1ccc2c(c1)oc1ccccc12. The maximum atomic E-state index is 12.2. The van der Waals surface area contributed by atoms with Crippen LogP contribution in [0.15, 0.2) is 77.2 Å². The highest BCUT2D eigenvalue weighted by molar-refractivity contribution is 6.07. The molecule has 1 aromatic heterocycles. The van der Waals surface area contributed by atoms with Gasteiger partial charge in [-0.25, -0.2) is 0 Å². The summed E-state index contributed by atoms with van der Waals surface area (Å²) in [5, 5.41) is 4.96. The minimum absolute atomic E-state index is 0.216. The van der Waals surface area contributed by atoms with Gasteiger partial charge in [0, 0.05) is 34.2 Å². The maximum Gasteiger partial charge on any atom is 0.248 e. The summed E-state index contributed by atoms with van der Waals surface area (Å²) >= 11 is 0. The number of hydrogen-bond donors (Lipinski definition) is 1. The number of ether oxygens (including phenoxy) is 1. The van der Waals surface area contributed by atoms with Crippen LogP contribution in [0.5, 0.6) is 5.75 Å². The first-order valence-corrected chi connectivity index (χ1v) is 8.28. The highest BCUT2D eigenvalue weighted by atomic mass is 16.5. The van der Waals surface area contributed by atoms with Gasteiger partial charge in [0.2, 0.25) is 5.91 Å². The summed E-state index contributed by atoms with van der Waals surface area (Å²) in [4.78, 5) is 12.2. The average Bonchev–Trinajstić information content (AvgIpc) is 3.04. The second kappa shape index (κ2) is 6.76. The van der Waals surface area contributed by atoms with Gasteiger partial charge in [0.1, 0.15) is 16.9 Å². The number of amides is 1. The molecule has 0 saturated carbocycles. The molecule has 4 rings (SSSR count). The molecule has 4 heteroatoms. The van der Waals surface area contributed by atoms with Gasteiger partial charge in [-0.2, -0.15) is 0 Å². The van der Waals surface area contributed by atoms with Crippen molar-refractivity contribution < 1.29 is 13.9 Å². The van der Waals surface area contributed by atoms with Crippen LogP contribution in [-0.2, 0) is 4.79 Å². The Kier molecular flexibility index (Phi) is 4.15. The molecule has 0 bridgehead atoms. The van der Waals surface area contributed by atoms with E-state index in [4.69, 9.17) is 9.15 Å². The van der Waals surface area contributed by atoms with E-state index in [1.807, 2.05) is 66.7 Å². The smallest absolute Gasteiger partial charge is 0.248 e. The third-order valence-electron chi connectivity index (χ3n) is 4.20. The van der Waals surface area contributed by atoms with E-state index in [0.29, 0.717) is 5.69 Å². The first kappa shape index (κ1) is 16.0. The fourth-order valence-electron chi connectivity index (χ4n) is 2.96. The summed E-state index contributed by atoms with van der Waals surface area (Å²) < 4.78 is 11.1. The summed E-state index contributed by atoms with van der Waals surface area (Å²) in [6, 6.07) is 21.1. The number of carbonyl (C=O) groups is 1. The van der Waals surface area contributed by atoms with Gasteiger partial charge >= 0.3 is 0 Å². The molecule has 1 N–H and O–H groups in total. The molecule has 26 heavy (non-hydrogen) atoms. The van der Waals surface area contributed by atoms with Gasteiger partial charge in [-0.3, -0.25) is 4.79 Å². The molecule has 0 atom stereocenters. The van der Waals surface area contributed by atoms with Crippen molar-refractivity contribution in [2.24, 2.45) is 0 Å². The van der Waals surface area contributed by atoms with Gasteiger partial charge < -0.3 is 14.5 Å². The Bertz CT molecular complexity index is 1120. The number of furan rings is 1. The van der Waals surface area contributed by atoms with Crippen LogP contribution in [0, 0.1) is 0 Å². The zero-order valence-corrected chi connectivity index (χ0v) is 14.2. The van der Waals surface area contributed by atoms with E-state index >= 15 is 0 Å². The van der Waals surface area contributed by atoms with Crippen LogP contribution in [-0.4, -0.2) is 13.0 Å². The molecular weight excluding hydrogens is 326 g/mol. The van der Waals surface area contributed by atoms with E-state index in [0.717, 1.165) is 33.3 Å². The van der Waals surface area contributed by atoms with Gasteiger partial charge in [-0.15, -0.1) is 0 Å². The zero-order chi connectivity index (χ0) is 17.9. The Morgan fingerprint density at radius 3 is 2.62 bits per heavy atom. The molecule has 3 aromatic carbocycles. The number of rotatable bonds is 4. The lowest BCUT2D eigenvalue weighted by Gasteiger charge is -2.04. The van der Waals surface area contributed by atoms with Crippen molar-refractivity contribution in [1.82, 2.24) is 0 Å². The number of para-hydroxylation sites is 2. The van der Waals surface area contributed by atoms with Crippen LogP contribution < -0.4 is 10.1 Å². The van der Waals surface area contributed by atoms with Crippen molar-refractivity contribution >= 4 is 39.6 Å². The Balaban J connectivity index is 1.55. The van der Waals surface area contributed by atoms with E-state index in [1.165, 1.54) is 6.08 Å². The third-order valence-corrected chi connectivity index (χ3v) is 4.20. The van der Waals surface area contributed by atoms with E-state index in [-0.39, 0.29) is 5.91 Å². The first-order valence-electron chi connectivity index (χ1n) is 8.28. The minimum Gasteiger partial charge on any atom is -0.496 e. The summed E-state index contributed by atoms with van der Waals surface area (Å²) in [5.74, 6) is 0.506. The zero-order valence-electron chi connectivity index (χ0n) is 14.2. The molecule has 0 aliphatic rings.